The first-order valence-corrected chi connectivity index (χ1v) is 10.8. The number of alkyl halides is 9. The number of hydrogen-bond donors (Lipinski definition) is 1. The van der Waals surface area contributed by atoms with Gasteiger partial charge in [0.25, 0.3) is 0 Å². The summed E-state index contributed by atoms with van der Waals surface area (Å²) in [5.41, 5.74) is -0.405. The van der Waals surface area contributed by atoms with E-state index in [2.05, 4.69) is 5.32 Å². The summed E-state index contributed by atoms with van der Waals surface area (Å²) in [4.78, 5) is 13.3. The first-order valence-electron chi connectivity index (χ1n) is 10.8. The summed E-state index contributed by atoms with van der Waals surface area (Å²) in [6.07, 6.45) is -15.2. The van der Waals surface area contributed by atoms with Crippen LogP contribution >= 0.6 is 0 Å². The number of nitrogens with zero attached hydrogens (tertiary/aromatic N) is 2. The van der Waals surface area contributed by atoms with E-state index in [0.717, 1.165) is 12.1 Å². The van der Waals surface area contributed by atoms with Gasteiger partial charge in [-0.15, -0.1) is 0 Å². The molecule has 0 aliphatic carbocycles. The largest absolute Gasteiger partial charge is 0.466 e. The van der Waals surface area contributed by atoms with E-state index in [4.69, 9.17) is 4.74 Å². The Labute approximate surface area is 196 Å². The molecule has 0 bridgehead atoms. The van der Waals surface area contributed by atoms with Gasteiger partial charge in [-0.1, -0.05) is 6.07 Å². The molecule has 2 rings (SSSR count). The third kappa shape index (κ3) is 8.74. The topological polar surface area (TPSA) is 44.8 Å². The van der Waals surface area contributed by atoms with E-state index in [0.29, 0.717) is 10.5 Å². The third-order valence-electron chi connectivity index (χ3n) is 5.40. The molecule has 14 heteroatoms. The number of carbonyl (C=O) groups excluding carboxylic acids is 1. The Morgan fingerprint density at radius 1 is 1.00 bits per heavy atom. The fraction of sp³-hybridized carbons (Fsp3) is 0.667. The Hall–Kier alpha value is -2.22. The molecule has 0 amide bonds. The highest BCUT2D eigenvalue weighted by molar-refractivity contribution is 5.69. The van der Waals surface area contributed by atoms with Crippen LogP contribution in [0.5, 0.6) is 0 Å². The average molecular weight is 523 g/mol. The number of benzene rings is 1. The molecule has 1 aromatic carbocycles. The highest BCUT2D eigenvalue weighted by Gasteiger charge is 2.59. The zero-order valence-corrected chi connectivity index (χ0v) is 18.8. The molecule has 0 saturated carbocycles. The Balaban J connectivity index is 2.07. The van der Waals surface area contributed by atoms with Gasteiger partial charge < -0.3 is 10.1 Å². The molecule has 1 aliphatic heterocycles. The molecule has 1 aliphatic rings. The zero-order valence-electron chi connectivity index (χ0n) is 18.8. The highest BCUT2D eigenvalue weighted by atomic mass is 19.4. The van der Waals surface area contributed by atoms with Crippen molar-refractivity contribution in [1.29, 1.82) is 0 Å². The summed E-state index contributed by atoms with van der Waals surface area (Å²) >= 11 is 0. The molecule has 200 valence electrons. The molecule has 0 radical (unpaired) electrons. The Morgan fingerprint density at radius 3 is 2.11 bits per heavy atom. The molecule has 0 aromatic heterocycles. The number of anilines is 1. The van der Waals surface area contributed by atoms with Gasteiger partial charge in [0.05, 0.1) is 12.2 Å². The number of ether oxygens (including phenoxy) is 1. The van der Waals surface area contributed by atoms with Crippen molar-refractivity contribution in [2.45, 2.75) is 50.9 Å². The standard InChI is InChI=1S/C21H26F9N3O2/c1-2-35-17(34)4-3-7-31-16-12-15(19(22,23)24)6-5-14(16)13-32-8-10-33(11-9-32)18(20(25,26)27)21(28,29)30/h5-6,12,18,31H,2-4,7-11,13H2,1H3. The van der Waals surface area contributed by atoms with Crippen molar-refractivity contribution in [3.05, 3.63) is 29.3 Å². The van der Waals surface area contributed by atoms with Crippen LogP contribution < -0.4 is 5.32 Å². The molecule has 1 aromatic rings. The number of hydrogen-bond acceptors (Lipinski definition) is 5. The SMILES string of the molecule is CCOC(=O)CCCNc1cc(C(F)(F)F)ccc1CN1CCN(C(C(F)(F)F)C(F)(F)F)CC1. The molecule has 0 spiro atoms. The van der Waals surface area contributed by atoms with Crippen LogP contribution in [0.15, 0.2) is 18.2 Å². The number of esters is 1. The maximum absolute atomic E-state index is 13.2. The van der Waals surface area contributed by atoms with Crippen molar-refractivity contribution in [2.75, 3.05) is 44.6 Å². The molecule has 35 heavy (non-hydrogen) atoms. The lowest BCUT2D eigenvalue weighted by atomic mass is 10.1. The van der Waals surface area contributed by atoms with E-state index in [1.807, 2.05) is 0 Å². The van der Waals surface area contributed by atoms with Crippen LogP contribution in [0.3, 0.4) is 0 Å². The molecule has 0 atom stereocenters. The fourth-order valence-electron chi connectivity index (χ4n) is 3.76. The van der Waals surface area contributed by atoms with Gasteiger partial charge in [0, 0.05) is 51.4 Å². The van der Waals surface area contributed by atoms with Crippen LogP contribution in [0.25, 0.3) is 0 Å². The molecule has 5 nitrogen and oxygen atoms in total. The molecule has 1 heterocycles. The number of rotatable bonds is 9. The molecule has 1 fully saturated rings. The van der Waals surface area contributed by atoms with Crippen LogP contribution in [0.1, 0.15) is 30.9 Å². The quantitative estimate of drug-likeness (QED) is 0.278. The van der Waals surface area contributed by atoms with Crippen molar-refractivity contribution >= 4 is 11.7 Å². The summed E-state index contributed by atoms with van der Waals surface area (Å²) in [6, 6.07) is -0.602. The van der Waals surface area contributed by atoms with Gasteiger partial charge in [-0.25, -0.2) is 0 Å². The van der Waals surface area contributed by atoms with E-state index >= 15 is 0 Å². The van der Waals surface area contributed by atoms with E-state index < -0.39 is 49.2 Å². The molecule has 0 unspecified atom stereocenters. The Bertz CT molecular complexity index is 819. The molecule has 1 N–H and O–H groups in total. The summed E-state index contributed by atoms with van der Waals surface area (Å²) < 4.78 is 122. The maximum Gasteiger partial charge on any atom is 0.416 e. The second-order valence-electron chi connectivity index (χ2n) is 8.00. The number of halogens is 9. The van der Waals surface area contributed by atoms with Crippen molar-refractivity contribution in [1.82, 2.24) is 9.80 Å². The van der Waals surface area contributed by atoms with Crippen molar-refractivity contribution in [3.8, 4) is 0 Å². The van der Waals surface area contributed by atoms with Gasteiger partial charge in [0.2, 0.25) is 6.04 Å². The molecular weight excluding hydrogens is 497 g/mol. The van der Waals surface area contributed by atoms with Gasteiger partial charge in [-0.2, -0.15) is 39.5 Å². The zero-order chi connectivity index (χ0) is 26.4. The van der Waals surface area contributed by atoms with Gasteiger partial charge in [0.1, 0.15) is 0 Å². The summed E-state index contributed by atoms with van der Waals surface area (Å²) in [7, 11) is 0. The first kappa shape index (κ1) is 29.0. The van der Waals surface area contributed by atoms with Crippen LogP contribution in [0, 0.1) is 0 Å². The van der Waals surface area contributed by atoms with Gasteiger partial charge >= 0.3 is 24.5 Å². The monoisotopic (exact) mass is 523 g/mol. The van der Waals surface area contributed by atoms with Crippen LogP contribution in [0.2, 0.25) is 0 Å². The minimum Gasteiger partial charge on any atom is -0.466 e. The van der Waals surface area contributed by atoms with E-state index in [9.17, 15) is 44.3 Å². The van der Waals surface area contributed by atoms with Crippen LogP contribution in [-0.4, -0.2) is 73.5 Å². The normalized spacial score (nSPS) is 16.5. The predicted octanol–water partition coefficient (Wildman–Crippen LogP) is 5.07. The smallest absolute Gasteiger partial charge is 0.416 e. The summed E-state index contributed by atoms with van der Waals surface area (Å²) in [5.74, 6) is -0.451. The Morgan fingerprint density at radius 2 is 1.60 bits per heavy atom. The number of nitrogens with one attached hydrogen (secondary N) is 1. The average Bonchev–Trinajstić information content (AvgIpc) is 2.71. The van der Waals surface area contributed by atoms with Crippen molar-refractivity contribution < 1.29 is 49.0 Å². The highest BCUT2D eigenvalue weighted by Crippen LogP contribution is 2.38. The van der Waals surface area contributed by atoms with E-state index in [-0.39, 0.29) is 51.3 Å². The number of carbonyl (C=O) groups is 1. The van der Waals surface area contributed by atoms with Crippen LogP contribution in [-0.2, 0) is 22.3 Å². The lowest BCUT2D eigenvalue weighted by Gasteiger charge is -2.40. The minimum atomic E-state index is -5.48. The molecule has 1 saturated heterocycles. The summed E-state index contributed by atoms with van der Waals surface area (Å²) in [6.45, 7) is 0.729. The van der Waals surface area contributed by atoms with Gasteiger partial charge in [0.15, 0.2) is 0 Å². The third-order valence-corrected chi connectivity index (χ3v) is 5.40. The predicted molar refractivity (Wildman–Crippen MR) is 109 cm³/mol. The van der Waals surface area contributed by atoms with E-state index in [1.54, 1.807) is 11.8 Å². The second-order valence-corrected chi connectivity index (χ2v) is 8.00. The minimum absolute atomic E-state index is 0.0227. The van der Waals surface area contributed by atoms with Gasteiger partial charge in [-0.3, -0.25) is 14.6 Å². The first-order chi connectivity index (χ1) is 16.1. The van der Waals surface area contributed by atoms with Crippen molar-refractivity contribution in [2.24, 2.45) is 0 Å². The lowest BCUT2D eigenvalue weighted by Crippen LogP contribution is -2.60. The van der Waals surface area contributed by atoms with Crippen LogP contribution in [0.4, 0.5) is 45.2 Å². The van der Waals surface area contributed by atoms with E-state index in [1.165, 1.54) is 6.07 Å². The fourth-order valence-corrected chi connectivity index (χ4v) is 3.76. The maximum atomic E-state index is 13.2. The van der Waals surface area contributed by atoms with Crippen molar-refractivity contribution in [3.63, 3.8) is 0 Å². The number of piperazine rings is 1. The lowest BCUT2D eigenvalue weighted by molar-refractivity contribution is -0.289. The summed E-state index contributed by atoms with van der Waals surface area (Å²) in [5, 5.41) is 2.84. The second kappa shape index (κ2) is 11.7. The Kier molecular flexibility index (Phi) is 9.68. The molecular formula is C21H26F9N3O2. The van der Waals surface area contributed by atoms with Gasteiger partial charge in [-0.05, 0) is 31.0 Å².